The van der Waals surface area contributed by atoms with E-state index in [2.05, 4.69) is 24.3 Å². The van der Waals surface area contributed by atoms with Crippen molar-refractivity contribution < 1.29 is 19.4 Å². The lowest BCUT2D eigenvalue weighted by Gasteiger charge is -2.14. The van der Waals surface area contributed by atoms with E-state index in [1.165, 1.54) is 24.0 Å². The van der Waals surface area contributed by atoms with Gasteiger partial charge in [-0.3, -0.25) is 9.59 Å². The van der Waals surface area contributed by atoms with Gasteiger partial charge in [-0.05, 0) is 80.8 Å². The number of hydrogen-bond donors (Lipinski definition) is 1. The Morgan fingerprint density at radius 2 is 1.62 bits per heavy atom. The maximum atomic E-state index is 10.9. The third-order valence-electron chi connectivity index (χ3n) is 6.23. The van der Waals surface area contributed by atoms with E-state index in [1.54, 1.807) is 0 Å². The van der Waals surface area contributed by atoms with Crippen LogP contribution >= 0.6 is 0 Å². The summed E-state index contributed by atoms with van der Waals surface area (Å²) in [7, 11) is 0. The summed E-state index contributed by atoms with van der Waals surface area (Å²) in [6.07, 6.45) is 11.3. The van der Waals surface area contributed by atoms with Gasteiger partial charge in [-0.25, -0.2) is 0 Å². The number of hydrogen-bond acceptors (Lipinski definition) is 3. The number of ether oxygens (including phenoxy) is 1. The van der Waals surface area contributed by atoms with E-state index in [0.717, 1.165) is 51.4 Å². The molecule has 2 aliphatic carbocycles. The predicted molar refractivity (Wildman–Crippen MR) is 99.9 cm³/mol. The smallest absolute Gasteiger partial charge is 0.303 e. The van der Waals surface area contributed by atoms with Crippen LogP contribution in [0.5, 0.6) is 0 Å². The molecule has 3 rings (SSSR count). The first-order valence-corrected chi connectivity index (χ1v) is 9.90. The molecule has 4 heteroatoms. The van der Waals surface area contributed by atoms with Crippen molar-refractivity contribution in [1.29, 1.82) is 0 Å². The maximum absolute atomic E-state index is 10.9. The third kappa shape index (κ3) is 5.58. The highest BCUT2D eigenvalue weighted by atomic mass is 16.5. The van der Waals surface area contributed by atoms with E-state index >= 15 is 0 Å². The van der Waals surface area contributed by atoms with E-state index in [0.29, 0.717) is 19.5 Å². The van der Waals surface area contributed by atoms with Crippen LogP contribution in [0.3, 0.4) is 0 Å². The van der Waals surface area contributed by atoms with Crippen molar-refractivity contribution in [3.63, 3.8) is 0 Å². The molecule has 1 aromatic rings. The molecule has 0 spiro atoms. The molecule has 26 heavy (non-hydrogen) atoms. The lowest BCUT2D eigenvalue weighted by atomic mass is 9.93. The second kappa shape index (κ2) is 8.24. The van der Waals surface area contributed by atoms with Crippen LogP contribution in [0.4, 0.5) is 0 Å². The Morgan fingerprint density at radius 3 is 2.12 bits per heavy atom. The molecule has 0 amide bonds. The van der Waals surface area contributed by atoms with E-state index in [4.69, 9.17) is 9.84 Å². The van der Waals surface area contributed by atoms with Crippen molar-refractivity contribution in [3.8, 4) is 0 Å². The van der Waals surface area contributed by atoms with Gasteiger partial charge in [0.2, 0.25) is 0 Å². The zero-order valence-corrected chi connectivity index (χ0v) is 15.5. The molecular formula is C22H30O4. The van der Waals surface area contributed by atoms with Gasteiger partial charge in [0.1, 0.15) is 0 Å². The number of aliphatic carboxylic acids is 1. The summed E-state index contributed by atoms with van der Waals surface area (Å²) in [4.78, 5) is 21.3. The van der Waals surface area contributed by atoms with Gasteiger partial charge in [-0.2, -0.15) is 0 Å². The number of rotatable bonds is 13. The largest absolute Gasteiger partial charge is 0.481 e. The molecule has 0 aliphatic heterocycles. The summed E-state index contributed by atoms with van der Waals surface area (Å²) >= 11 is 0. The van der Waals surface area contributed by atoms with Gasteiger partial charge >= 0.3 is 5.97 Å². The normalized spacial score (nSPS) is 18.9. The van der Waals surface area contributed by atoms with Gasteiger partial charge in [0, 0.05) is 5.41 Å². The zero-order valence-electron chi connectivity index (χ0n) is 15.5. The molecule has 1 aromatic carbocycles. The molecule has 0 heterocycles. The van der Waals surface area contributed by atoms with Gasteiger partial charge in [-0.1, -0.05) is 24.3 Å². The SMILES string of the molecule is O=COCC1(CCCc2cccc(CCCC3(CC(=O)O)CC3)c2)CC1. The molecule has 2 saturated carbocycles. The van der Waals surface area contributed by atoms with E-state index in [9.17, 15) is 9.59 Å². The summed E-state index contributed by atoms with van der Waals surface area (Å²) in [6.45, 7) is 1.14. The minimum Gasteiger partial charge on any atom is -0.481 e. The van der Waals surface area contributed by atoms with Crippen LogP contribution in [-0.4, -0.2) is 24.2 Å². The van der Waals surface area contributed by atoms with Crippen LogP contribution < -0.4 is 0 Å². The molecule has 0 saturated heterocycles. The average molecular weight is 358 g/mol. The Hall–Kier alpha value is -1.84. The molecule has 1 N–H and O–H groups in total. The summed E-state index contributed by atoms with van der Waals surface area (Å²) in [5.74, 6) is -0.656. The van der Waals surface area contributed by atoms with Crippen LogP contribution in [0.2, 0.25) is 0 Å². The average Bonchev–Trinajstić information content (AvgIpc) is 3.52. The Balaban J connectivity index is 1.39. The lowest BCUT2D eigenvalue weighted by Crippen LogP contribution is -2.10. The molecule has 0 atom stereocenters. The number of aryl methyl sites for hydroxylation is 2. The molecule has 0 bridgehead atoms. The number of carbonyl (C=O) groups excluding carboxylic acids is 1. The van der Waals surface area contributed by atoms with Crippen molar-refractivity contribution in [1.82, 2.24) is 0 Å². The molecule has 2 aliphatic rings. The van der Waals surface area contributed by atoms with Crippen molar-refractivity contribution in [2.75, 3.05) is 6.61 Å². The molecular weight excluding hydrogens is 328 g/mol. The molecule has 142 valence electrons. The minimum atomic E-state index is -0.656. The van der Waals surface area contributed by atoms with E-state index in [1.807, 2.05) is 0 Å². The van der Waals surface area contributed by atoms with Crippen LogP contribution in [0.15, 0.2) is 24.3 Å². The van der Waals surface area contributed by atoms with Gasteiger partial charge in [0.15, 0.2) is 0 Å². The predicted octanol–water partition coefficient (Wildman–Crippen LogP) is 4.54. The van der Waals surface area contributed by atoms with Gasteiger partial charge in [0.25, 0.3) is 6.47 Å². The summed E-state index contributed by atoms with van der Waals surface area (Å²) in [6, 6.07) is 8.81. The first-order chi connectivity index (χ1) is 12.5. The zero-order chi connectivity index (χ0) is 18.5. The first-order valence-electron chi connectivity index (χ1n) is 9.90. The molecule has 4 nitrogen and oxygen atoms in total. The molecule has 0 unspecified atom stereocenters. The highest BCUT2D eigenvalue weighted by Crippen LogP contribution is 2.52. The van der Waals surface area contributed by atoms with Crippen LogP contribution in [0.25, 0.3) is 0 Å². The number of carbonyl (C=O) groups is 2. The quantitative estimate of drug-likeness (QED) is 0.526. The van der Waals surface area contributed by atoms with Crippen LogP contribution in [0.1, 0.15) is 68.9 Å². The van der Waals surface area contributed by atoms with Crippen LogP contribution in [-0.2, 0) is 27.2 Å². The standard InChI is InChI=1S/C22H30O4/c23-17-26-16-22(12-13-22)9-3-7-19-5-1-4-18(14-19)6-2-8-21(10-11-21)15-20(24)25/h1,4-5,14,17H,2-3,6-13,15-16H2,(H,24,25). The second-order valence-corrected chi connectivity index (χ2v) is 8.50. The fraction of sp³-hybridized carbons (Fsp3) is 0.636. The monoisotopic (exact) mass is 358 g/mol. The lowest BCUT2D eigenvalue weighted by molar-refractivity contribution is -0.138. The summed E-state index contributed by atoms with van der Waals surface area (Å²) < 4.78 is 4.97. The highest BCUT2D eigenvalue weighted by Gasteiger charge is 2.43. The fourth-order valence-electron chi connectivity index (χ4n) is 4.14. The number of carboxylic acids is 1. The molecule has 0 aromatic heterocycles. The van der Waals surface area contributed by atoms with Gasteiger partial charge < -0.3 is 9.84 Å². The second-order valence-electron chi connectivity index (χ2n) is 8.50. The Bertz CT molecular complexity index is 629. The molecule has 2 fully saturated rings. The summed E-state index contributed by atoms with van der Waals surface area (Å²) in [5, 5.41) is 9.01. The van der Waals surface area contributed by atoms with E-state index in [-0.39, 0.29) is 10.8 Å². The Kier molecular flexibility index (Phi) is 6.00. The van der Waals surface area contributed by atoms with Crippen molar-refractivity contribution in [2.24, 2.45) is 10.8 Å². The first kappa shape index (κ1) is 18.9. The van der Waals surface area contributed by atoms with Crippen molar-refractivity contribution in [3.05, 3.63) is 35.4 Å². The highest BCUT2D eigenvalue weighted by molar-refractivity contribution is 5.68. The molecule has 0 radical (unpaired) electrons. The van der Waals surface area contributed by atoms with Crippen molar-refractivity contribution >= 4 is 12.4 Å². The maximum Gasteiger partial charge on any atom is 0.303 e. The summed E-state index contributed by atoms with van der Waals surface area (Å²) in [5.41, 5.74) is 3.10. The third-order valence-corrected chi connectivity index (χ3v) is 6.23. The van der Waals surface area contributed by atoms with Gasteiger partial charge in [-0.15, -0.1) is 0 Å². The minimum absolute atomic E-state index is 0.103. The van der Waals surface area contributed by atoms with E-state index < -0.39 is 5.97 Å². The Morgan fingerprint density at radius 1 is 1.04 bits per heavy atom. The van der Waals surface area contributed by atoms with Gasteiger partial charge in [0.05, 0.1) is 13.0 Å². The Labute approximate surface area is 155 Å². The number of benzene rings is 1. The topological polar surface area (TPSA) is 63.6 Å². The number of carboxylic acid groups (broad SMARTS) is 1. The fourth-order valence-corrected chi connectivity index (χ4v) is 4.14. The van der Waals surface area contributed by atoms with Crippen molar-refractivity contribution in [2.45, 2.75) is 70.6 Å². The van der Waals surface area contributed by atoms with Crippen LogP contribution in [0, 0.1) is 10.8 Å².